The molecule has 2 aromatic rings. The fourth-order valence-electron chi connectivity index (χ4n) is 1.53. The quantitative estimate of drug-likeness (QED) is 0.508. The molecule has 1 aromatic heterocycles. The van der Waals surface area contributed by atoms with Crippen molar-refractivity contribution in [1.82, 2.24) is 15.2 Å². The third kappa shape index (κ3) is 2.71. The van der Waals surface area contributed by atoms with E-state index in [0.717, 1.165) is 0 Å². The molecule has 0 radical (unpaired) electrons. The molecule has 0 saturated heterocycles. The maximum absolute atomic E-state index is 10.8. The Bertz CT molecular complexity index is 667. The molecule has 1 N–H and O–H groups in total. The minimum Gasteiger partial charge on any atom is -0.490 e. The van der Waals surface area contributed by atoms with Crippen LogP contribution < -0.4 is 9.47 Å². The van der Waals surface area contributed by atoms with Gasteiger partial charge in [-0.1, -0.05) is 0 Å². The van der Waals surface area contributed by atoms with E-state index in [4.69, 9.17) is 9.47 Å². The van der Waals surface area contributed by atoms with Crippen molar-refractivity contribution in [3.05, 3.63) is 28.3 Å². The Hall–Kier alpha value is -2.97. The molecule has 1 aromatic carbocycles. The Morgan fingerprint density at radius 2 is 2.20 bits per heavy atom. The lowest BCUT2D eigenvalue weighted by atomic mass is 10.2. The number of nitro benzene ring substituents is 1. The molecule has 0 aliphatic carbocycles. The zero-order valence-electron chi connectivity index (χ0n) is 10.6. The SMILES string of the molecule is COc1cc(-c2nc(OC(C)=O)n[nH]2)ccc1[N+](=O)[O-]. The molecule has 2 rings (SSSR count). The standard InChI is InChI=1S/C11H10N4O5/c1-6(16)20-11-12-10(13-14-11)7-3-4-8(15(17)18)9(5-7)19-2/h3-5H,1-2H3,(H,12,13,14). The summed E-state index contributed by atoms with van der Waals surface area (Å²) in [7, 11) is 1.33. The van der Waals surface area contributed by atoms with Crippen molar-refractivity contribution in [2.75, 3.05) is 7.11 Å². The molecule has 9 heteroatoms. The van der Waals surface area contributed by atoms with Gasteiger partial charge in [0.2, 0.25) is 0 Å². The number of hydrogen-bond donors (Lipinski definition) is 1. The molecule has 0 atom stereocenters. The molecule has 104 valence electrons. The monoisotopic (exact) mass is 278 g/mol. The molecule has 0 aliphatic rings. The molecule has 0 fully saturated rings. The Labute approximate surface area is 112 Å². The van der Waals surface area contributed by atoms with Gasteiger partial charge in [0.15, 0.2) is 11.6 Å². The van der Waals surface area contributed by atoms with Gasteiger partial charge in [0, 0.05) is 18.6 Å². The molecule has 0 amide bonds. The van der Waals surface area contributed by atoms with E-state index >= 15 is 0 Å². The lowest BCUT2D eigenvalue weighted by molar-refractivity contribution is -0.385. The van der Waals surface area contributed by atoms with Gasteiger partial charge in [-0.3, -0.25) is 20.0 Å². The first-order valence-corrected chi connectivity index (χ1v) is 5.45. The molecular weight excluding hydrogens is 268 g/mol. The number of hydrogen-bond acceptors (Lipinski definition) is 7. The fraction of sp³-hybridized carbons (Fsp3) is 0.182. The minimum absolute atomic E-state index is 0.0953. The van der Waals surface area contributed by atoms with Gasteiger partial charge in [0.1, 0.15) is 0 Å². The summed E-state index contributed by atoms with van der Waals surface area (Å²) >= 11 is 0. The van der Waals surface area contributed by atoms with E-state index in [9.17, 15) is 14.9 Å². The summed E-state index contributed by atoms with van der Waals surface area (Å²) in [5.41, 5.74) is 0.356. The van der Waals surface area contributed by atoms with Gasteiger partial charge < -0.3 is 9.47 Å². The highest BCUT2D eigenvalue weighted by molar-refractivity contribution is 5.68. The van der Waals surface area contributed by atoms with E-state index in [1.165, 1.54) is 32.2 Å². The highest BCUT2D eigenvalue weighted by Crippen LogP contribution is 2.31. The van der Waals surface area contributed by atoms with Gasteiger partial charge in [-0.25, -0.2) is 0 Å². The molecule has 20 heavy (non-hydrogen) atoms. The summed E-state index contributed by atoms with van der Waals surface area (Å²) in [5, 5.41) is 17.0. The van der Waals surface area contributed by atoms with Crippen LogP contribution in [0, 0.1) is 10.1 Å². The smallest absolute Gasteiger partial charge is 0.343 e. The van der Waals surface area contributed by atoms with Crippen molar-refractivity contribution in [2.45, 2.75) is 6.92 Å². The van der Waals surface area contributed by atoms with E-state index in [1.807, 2.05) is 0 Å². The lowest BCUT2D eigenvalue weighted by Gasteiger charge is -2.03. The van der Waals surface area contributed by atoms with Crippen molar-refractivity contribution >= 4 is 11.7 Å². The molecule has 0 aliphatic heterocycles. The number of aromatic nitrogens is 3. The maximum Gasteiger partial charge on any atom is 0.343 e. The first-order chi connectivity index (χ1) is 9.51. The Balaban J connectivity index is 2.35. The second kappa shape index (κ2) is 5.34. The van der Waals surface area contributed by atoms with Crippen molar-refractivity contribution in [3.63, 3.8) is 0 Å². The van der Waals surface area contributed by atoms with Crippen molar-refractivity contribution in [1.29, 1.82) is 0 Å². The highest BCUT2D eigenvalue weighted by Gasteiger charge is 2.17. The average molecular weight is 278 g/mol. The Kier molecular flexibility index (Phi) is 3.60. The number of esters is 1. The zero-order valence-corrected chi connectivity index (χ0v) is 10.6. The minimum atomic E-state index is -0.548. The number of ether oxygens (including phenoxy) is 2. The van der Waals surface area contributed by atoms with Gasteiger partial charge >= 0.3 is 17.7 Å². The van der Waals surface area contributed by atoms with Crippen LogP contribution in [0.15, 0.2) is 18.2 Å². The summed E-state index contributed by atoms with van der Waals surface area (Å²) in [4.78, 5) is 24.9. The Morgan fingerprint density at radius 3 is 2.80 bits per heavy atom. The number of benzene rings is 1. The normalized spacial score (nSPS) is 10.1. The van der Waals surface area contributed by atoms with Gasteiger partial charge in [-0.05, 0) is 12.1 Å². The average Bonchev–Trinajstić information content (AvgIpc) is 2.85. The molecular formula is C11H10N4O5. The van der Waals surface area contributed by atoms with Crippen LogP contribution in [0.4, 0.5) is 5.69 Å². The van der Waals surface area contributed by atoms with E-state index in [1.54, 1.807) is 0 Å². The highest BCUT2D eigenvalue weighted by atomic mass is 16.6. The van der Waals surface area contributed by atoms with Crippen molar-refractivity contribution in [3.8, 4) is 23.1 Å². The summed E-state index contributed by atoms with van der Waals surface area (Å²) in [6.07, 6.45) is 0. The number of methoxy groups -OCH3 is 1. The molecule has 0 bridgehead atoms. The second-order valence-corrected chi connectivity index (χ2v) is 3.70. The molecule has 0 saturated carbocycles. The summed E-state index contributed by atoms with van der Waals surface area (Å²) in [6, 6.07) is 4.10. The first kappa shape index (κ1) is 13.5. The zero-order chi connectivity index (χ0) is 14.7. The molecule has 9 nitrogen and oxygen atoms in total. The summed E-state index contributed by atoms with van der Waals surface area (Å²) < 4.78 is 9.65. The Morgan fingerprint density at radius 1 is 1.45 bits per heavy atom. The van der Waals surface area contributed by atoms with Gasteiger partial charge in [0.05, 0.1) is 12.0 Å². The van der Waals surface area contributed by atoms with Crippen LogP contribution in [-0.2, 0) is 4.79 Å². The summed E-state index contributed by atoms with van der Waals surface area (Å²) in [5.74, 6) is -0.149. The molecule has 0 unspecified atom stereocenters. The van der Waals surface area contributed by atoms with Crippen LogP contribution in [0.1, 0.15) is 6.92 Å². The van der Waals surface area contributed by atoms with Crippen molar-refractivity contribution < 1.29 is 19.2 Å². The molecule has 1 heterocycles. The molecule has 0 spiro atoms. The van der Waals surface area contributed by atoms with Crippen LogP contribution in [0.25, 0.3) is 11.4 Å². The number of nitrogens with zero attached hydrogens (tertiary/aromatic N) is 3. The number of aromatic amines is 1. The van der Waals surface area contributed by atoms with E-state index in [2.05, 4.69) is 15.2 Å². The topological polar surface area (TPSA) is 120 Å². The van der Waals surface area contributed by atoms with Crippen LogP contribution in [0.2, 0.25) is 0 Å². The number of carbonyl (C=O) groups excluding carboxylic acids is 1. The van der Waals surface area contributed by atoms with Crippen LogP contribution in [0.3, 0.4) is 0 Å². The number of nitrogens with one attached hydrogen (secondary N) is 1. The summed E-state index contributed by atoms with van der Waals surface area (Å²) in [6.45, 7) is 1.23. The number of nitro groups is 1. The van der Waals surface area contributed by atoms with E-state index in [0.29, 0.717) is 11.4 Å². The number of H-pyrrole nitrogens is 1. The number of rotatable bonds is 4. The fourth-order valence-corrected chi connectivity index (χ4v) is 1.53. The first-order valence-electron chi connectivity index (χ1n) is 5.45. The largest absolute Gasteiger partial charge is 0.490 e. The lowest BCUT2D eigenvalue weighted by Crippen LogP contribution is -2.02. The van der Waals surface area contributed by atoms with Gasteiger partial charge in [0.25, 0.3) is 0 Å². The van der Waals surface area contributed by atoms with Gasteiger partial charge in [-0.2, -0.15) is 4.98 Å². The van der Waals surface area contributed by atoms with Crippen LogP contribution in [0.5, 0.6) is 11.8 Å². The van der Waals surface area contributed by atoms with E-state index in [-0.39, 0.29) is 17.4 Å². The maximum atomic E-state index is 10.8. The predicted molar refractivity (Wildman–Crippen MR) is 66.3 cm³/mol. The predicted octanol–water partition coefficient (Wildman–Crippen LogP) is 1.31. The van der Waals surface area contributed by atoms with Crippen LogP contribution in [-0.4, -0.2) is 33.2 Å². The number of carbonyl (C=O) groups is 1. The van der Waals surface area contributed by atoms with Gasteiger partial charge in [-0.15, -0.1) is 5.10 Å². The second-order valence-electron chi connectivity index (χ2n) is 3.70. The van der Waals surface area contributed by atoms with Crippen molar-refractivity contribution in [2.24, 2.45) is 0 Å². The third-order valence-corrected chi connectivity index (χ3v) is 2.35. The third-order valence-electron chi connectivity index (χ3n) is 2.35. The van der Waals surface area contributed by atoms with Crippen LogP contribution >= 0.6 is 0 Å². The van der Waals surface area contributed by atoms with E-state index < -0.39 is 10.9 Å².